The van der Waals surface area contributed by atoms with Crippen molar-refractivity contribution in [2.45, 2.75) is 32.7 Å². The summed E-state index contributed by atoms with van der Waals surface area (Å²) < 4.78 is 16.1. The van der Waals surface area contributed by atoms with Crippen LogP contribution in [0.2, 0.25) is 0 Å². The first-order valence-electron chi connectivity index (χ1n) is 9.74. The van der Waals surface area contributed by atoms with Gasteiger partial charge in [-0.3, -0.25) is 0 Å². The highest BCUT2D eigenvalue weighted by Crippen LogP contribution is 2.33. The first-order valence-corrected chi connectivity index (χ1v) is 10.1. The number of esters is 2. The van der Waals surface area contributed by atoms with Crippen LogP contribution in [-0.2, 0) is 14.3 Å². The Kier molecular flexibility index (Phi) is 6.89. The van der Waals surface area contributed by atoms with Crippen molar-refractivity contribution >= 4 is 29.3 Å². The van der Waals surface area contributed by atoms with Crippen molar-refractivity contribution in [3.63, 3.8) is 0 Å². The summed E-state index contributed by atoms with van der Waals surface area (Å²) in [5.74, 6) is 0.339. The Morgan fingerprint density at radius 3 is 2.47 bits per heavy atom. The highest BCUT2D eigenvalue weighted by molar-refractivity contribution is 7.80. The molecule has 1 aromatic heterocycles. The Balaban J connectivity index is 1.95. The number of furan rings is 1. The second kappa shape index (κ2) is 9.58. The number of carbonyl (C=O) groups excluding carboxylic acids is 2. The van der Waals surface area contributed by atoms with E-state index in [0.29, 0.717) is 34.2 Å². The van der Waals surface area contributed by atoms with E-state index in [9.17, 15) is 9.59 Å². The Morgan fingerprint density at radius 1 is 1.10 bits per heavy atom. The molecule has 0 radical (unpaired) electrons. The summed E-state index contributed by atoms with van der Waals surface area (Å²) in [5.41, 5.74) is 2.45. The van der Waals surface area contributed by atoms with Crippen LogP contribution in [0.5, 0.6) is 0 Å². The minimum atomic E-state index is -0.553. The van der Waals surface area contributed by atoms with Crippen molar-refractivity contribution in [1.29, 1.82) is 0 Å². The van der Waals surface area contributed by atoms with Gasteiger partial charge in [0.05, 0.1) is 24.9 Å². The van der Waals surface area contributed by atoms with Gasteiger partial charge in [-0.1, -0.05) is 25.5 Å². The van der Waals surface area contributed by atoms with Crippen molar-refractivity contribution in [1.82, 2.24) is 10.6 Å². The van der Waals surface area contributed by atoms with Crippen LogP contribution < -0.4 is 10.6 Å². The van der Waals surface area contributed by atoms with Gasteiger partial charge in [-0.25, -0.2) is 9.59 Å². The Labute approximate surface area is 180 Å². The molecule has 2 N–H and O–H groups in total. The van der Waals surface area contributed by atoms with Gasteiger partial charge in [-0.15, -0.1) is 0 Å². The molecule has 0 aliphatic carbocycles. The molecule has 1 aliphatic heterocycles. The van der Waals surface area contributed by atoms with E-state index >= 15 is 0 Å². The molecule has 2 heterocycles. The number of methoxy groups -OCH3 is 1. The van der Waals surface area contributed by atoms with Gasteiger partial charge < -0.3 is 24.5 Å². The number of benzene rings is 1. The first kappa shape index (κ1) is 21.6. The molecular formula is C22H24N2O5S. The molecule has 0 saturated heterocycles. The lowest BCUT2D eigenvalue weighted by molar-refractivity contribution is -0.139. The van der Waals surface area contributed by atoms with Crippen LogP contribution >= 0.6 is 12.2 Å². The summed E-state index contributed by atoms with van der Waals surface area (Å²) >= 11 is 5.33. The van der Waals surface area contributed by atoms with Crippen molar-refractivity contribution < 1.29 is 23.5 Å². The number of allylic oxidation sites excluding steroid dienone is 1. The van der Waals surface area contributed by atoms with Gasteiger partial charge >= 0.3 is 11.9 Å². The number of hydrogen-bond donors (Lipinski definition) is 2. The predicted molar refractivity (Wildman–Crippen MR) is 116 cm³/mol. The monoisotopic (exact) mass is 428 g/mol. The van der Waals surface area contributed by atoms with E-state index in [1.54, 1.807) is 37.3 Å². The van der Waals surface area contributed by atoms with Gasteiger partial charge in [0.15, 0.2) is 5.11 Å². The lowest BCUT2D eigenvalue weighted by Gasteiger charge is -2.29. The second-order valence-corrected chi connectivity index (χ2v) is 7.07. The minimum absolute atomic E-state index is 0.273. The first-order chi connectivity index (χ1) is 14.5. The Hall–Kier alpha value is -3.13. The van der Waals surface area contributed by atoms with E-state index in [4.69, 9.17) is 26.1 Å². The van der Waals surface area contributed by atoms with Gasteiger partial charge in [0, 0.05) is 11.3 Å². The van der Waals surface area contributed by atoms with Crippen LogP contribution in [0.3, 0.4) is 0 Å². The van der Waals surface area contributed by atoms with E-state index in [1.807, 2.05) is 13.0 Å². The van der Waals surface area contributed by atoms with Gasteiger partial charge in [-0.2, -0.15) is 0 Å². The van der Waals surface area contributed by atoms with Gasteiger partial charge in [0.1, 0.15) is 17.6 Å². The molecule has 0 amide bonds. The average Bonchev–Trinajstić information content (AvgIpc) is 3.23. The number of thiocarbonyl (C=S) groups is 1. The van der Waals surface area contributed by atoms with Gasteiger partial charge in [0.25, 0.3) is 0 Å². The normalized spacial score (nSPS) is 16.0. The molecule has 1 aromatic carbocycles. The lowest BCUT2D eigenvalue weighted by Crippen LogP contribution is -2.45. The number of hydrogen-bond acceptors (Lipinski definition) is 6. The predicted octanol–water partition coefficient (Wildman–Crippen LogP) is 3.87. The van der Waals surface area contributed by atoms with Crippen molar-refractivity contribution in [3.05, 3.63) is 59.0 Å². The Morgan fingerprint density at radius 2 is 1.83 bits per heavy atom. The molecule has 7 nitrogen and oxygen atoms in total. The third kappa shape index (κ3) is 4.54. The van der Waals surface area contributed by atoms with E-state index in [0.717, 1.165) is 17.7 Å². The van der Waals surface area contributed by atoms with Gasteiger partial charge in [-0.05, 0) is 49.8 Å². The molecule has 1 atom stereocenters. The summed E-state index contributed by atoms with van der Waals surface area (Å²) in [6.07, 6.45) is 1.51. The van der Waals surface area contributed by atoms with Crippen LogP contribution in [0.4, 0.5) is 0 Å². The smallest absolute Gasteiger partial charge is 0.338 e. The third-order valence-corrected chi connectivity index (χ3v) is 4.87. The number of rotatable bonds is 7. The maximum Gasteiger partial charge on any atom is 0.338 e. The molecule has 0 fully saturated rings. The second-order valence-electron chi connectivity index (χ2n) is 6.67. The topological polar surface area (TPSA) is 89.8 Å². The average molecular weight is 429 g/mol. The van der Waals surface area contributed by atoms with Gasteiger partial charge in [0.2, 0.25) is 0 Å². The van der Waals surface area contributed by atoms with Crippen LogP contribution in [0.1, 0.15) is 48.8 Å². The lowest BCUT2D eigenvalue weighted by atomic mass is 9.98. The summed E-state index contributed by atoms with van der Waals surface area (Å²) in [7, 11) is 1.34. The fraction of sp³-hybridized carbons (Fsp3) is 0.318. The van der Waals surface area contributed by atoms with E-state index in [-0.39, 0.29) is 6.61 Å². The molecule has 0 saturated carbocycles. The zero-order chi connectivity index (χ0) is 21.7. The molecule has 0 spiro atoms. The fourth-order valence-electron chi connectivity index (χ4n) is 3.28. The van der Waals surface area contributed by atoms with E-state index < -0.39 is 18.0 Å². The van der Waals surface area contributed by atoms with Crippen molar-refractivity contribution in [2.24, 2.45) is 0 Å². The SMILES string of the molecule is CCCC1=C(C(=O)OCC)[C@@H](c2ccc(-c3ccc(C(=O)OC)cc3)o2)NC(=S)N1. The van der Waals surface area contributed by atoms with E-state index in [1.165, 1.54) is 7.11 Å². The summed E-state index contributed by atoms with van der Waals surface area (Å²) in [6.45, 7) is 4.07. The number of carbonyl (C=O) groups is 2. The van der Waals surface area contributed by atoms with E-state index in [2.05, 4.69) is 10.6 Å². The highest BCUT2D eigenvalue weighted by Gasteiger charge is 2.34. The molecule has 2 aromatic rings. The molecule has 3 rings (SSSR count). The molecule has 158 valence electrons. The van der Waals surface area contributed by atoms with Crippen molar-refractivity contribution in [2.75, 3.05) is 13.7 Å². The fourth-order valence-corrected chi connectivity index (χ4v) is 3.52. The zero-order valence-corrected chi connectivity index (χ0v) is 17.9. The minimum Gasteiger partial charge on any atom is -0.465 e. The standard InChI is InChI=1S/C22H24N2O5S/c1-4-6-15-18(21(26)28-5-2)19(24-22(30)23-15)17-12-11-16(29-17)13-7-9-14(10-8-13)20(25)27-3/h7-12,19H,4-6H2,1-3H3,(H2,23,24,30)/t19-/m1/s1. The van der Waals surface area contributed by atoms with Crippen LogP contribution in [0.25, 0.3) is 11.3 Å². The summed E-state index contributed by atoms with van der Waals surface area (Å²) in [6, 6.07) is 9.97. The van der Waals surface area contributed by atoms with Crippen molar-refractivity contribution in [3.8, 4) is 11.3 Å². The summed E-state index contributed by atoms with van der Waals surface area (Å²) in [5, 5.41) is 6.62. The summed E-state index contributed by atoms with van der Waals surface area (Å²) in [4.78, 5) is 24.3. The maximum absolute atomic E-state index is 12.7. The maximum atomic E-state index is 12.7. The largest absolute Gasteiger partial charge is 0.465 e. The molecular weight excluding hydrogens is 404 g/mol. The molecule has 1 aliphatic rings. The third-order valence-electron chi connectivity index (χ3n) is 4.65. The van der Waals surface area contributed by atoms with Crippen LogP contribution in [0, 0.1) is 0 Å². The molecule has 0 unspecified atom stereocenters. The zero-order valence-electron chi connectivity index (χ0n) is 17.1. The Bertz CT molecular complexity index is 978. The quantitative estimate of drug-likeness (QED) is 0.507. The van der Waals surface area contributed by atoms with Crippen LogP contribution in [0.15, 0.2) is 52.1 Å². The molecule has 0 bridgehead atoms. The number of nitrogens with one attached hydrogen (secondary N) is 2. The molecule has 8 heteroatoms. The highest BCUT2D eigenvalue weighted by atomic mass is 32.1. The molecule has 30 heavy (non-hydrogen) atoms. The number of ether oxygens (including phenoxy) is 2. The van der Waals surface area contributed by atoms with Crippen LogP contribution in [-0.4, -0.2) is 30.8 Å².